The number of hydrogen-bond donors (Lipinski definition) is 1. The van der Waals surface area contributed by atoms with Gasteiger partial charge in [-0.25, -0.2) is 6.14 Å². The van der Waals surface area contributed by atoms with Gasteiger partial charge in [0.1, 0.15) is 9.32 Å². The van der Waals surface area contributed by atoms with Crippen LogP contribution in [0, 0.1) is 3.57 Å². The van der Waals surface area contributed by atoms with Crippen LogP contribution >= 0.6 is 19.8 Å². The number of halogens is 1. The minimum atomic E-state index is -4.05. The van der Waals surface area contributed by atoms with E-state index in [0.717, 1.165) is 38.5 Å². The Morgan fingerprint density at radius 1 is 0.520 bits per heavy atom. The molecular formula is C43H76INO5. The Kier molecular flexibility index (Phi) is 32.2. The minimum Gasteiger partial charge on any atom is -0.492 e. The number of rotatable bonds is 36. The molecule has 0 heterocycles. The maximum Gasteiger partial charge on any atom is 0.345 e. The highest BCUT2D eigenvalue weighted by Gasteiger charge is 2.21. The van der Waals surface area contributed by atoms with Gasteiger partial charge in [-0.1, -0.05) is 206 Å². The SMILES string of the molecule is CCCCCCCCCCCCCCCCCCOc1cccc(C(=O)NC(=O)CCCCCCCCCCCCCCCCC)c1I(=O)=O. The van der Waals surface area contributed by atoms with Crippen LogP contribution in [0.15, 0.2) is 18.2 Å². The fourth-order valence-electron chi connectivity index (χ4n) is 6.70. The zero-order chi connectivity index (χ0) is 36.3. The first-order valence-corrected chi connectivity index (χ1v) is 24.0. The van der Waals surface area contributed by atoms with Crippen LogP contribution in [0.1, 0.15) is 230 Å². The summed E-state index contributed by atoms with van der Waals surface area (Å²) >= 11 is -4.05. The number of ether oxygens (including phenoxy) is 1. The maximum atomic E-state index is 12.9. The van der Waals surface area contributed by atoms with E-state index in [4.69, 9.17) is 4.74 Å². The quantitative estimate of drug-likeness (QED) is 0.0538. The third kappa shape index (κ3) is 26.3. The van der Waals surface area contributed by atoms with E-state index >= 15 is 0 Å². The van der Waals surface area contributed by atoms with Crippen molar-refractivity contribution in [3.8, 4) is 5.75 Å². The lowest BCUT2D eigenvalue weighted by molar-refractivity contribution is -0.120. The molecule has 6 nitrogen and oxygen atoms in total. The Bertz CT molecular complexity index is 1030. The molecule has 0 aliphatic carbocycles. The highest BCUT2D eigenvalue weighted by molar-refractivity contribution is 14.2. The average Bonchev–Trinajstić information content (AvgIpc) is 3.11. The van der Waals surface area contributed by atoms with Gasteiger partial charge in [0.25, 0.3) is 5.91 Å². The fourth-order valence-corrected chi connectivity index (χ4v) is 8.37. The van der Waals surface area contributed by atoms with Gasteiger partial charge in [0.15, 0.2) is 0 Å². The number of carbonyl (C=O) groups is 2. The zero-order valence-electron chi connectivity index (χ0n) is 32.5. The topological polar surface area (TPSA) is 89.5 Å². The Labute approximate surface area is 315 Å². The van der Waals surface area contributed by atoms with Crippen molar-refractivity contribution in [3.05, 3.63) is 27.3 Å². The number of nitrogens with one attached hydrogen (secondary N) is 1. The highest BCUT2D eigenvalue weighted by atomic mass is 127. The standard InChI is InChI=1S/C43H76INO5/c1-3-5-7-9-11-13-15-17-19-21-23-25-27-29-31-33-38-50-40-36-34-35-39(42(40)44(48)49)43(47)45-41(46)37-32-30-28-26-24-22-20-18-16-14-12-10-8-6-4-2/h34-36H,3-33,37-38H2,1-2H3,(H,45,46,47). The monoisotopic (exact) mass is 813 g/mol. The van der Waals surface area contributed by atoms with Crippen molar-refractivity contribution in [1.82, 2.24) is 5.32 Å². The highest BCUT2D eigenvalue weighted by Crippen LogP contribution is 2.32. The molecule has 0 spiro atoms. The summed E-state index contributed by atoms with van der Waals surface area (Å²) in [4.78, 5) is 25.4. The number of hydrogen-bond acceptors (Lipinski definition) is 5. The lowest BCUT2D eigenvalue weighted by Gasteiger charge is -2.11. The summed E-state index contributed by atoms with van der Waals surface area (Å²) in [6, 6.07) is 4.70. The van der Waals surface area contributed by atoms with Crippen molar-refractivity contribution in [1.29, 1.82) is 0 Å². The van der Waals surface area contributed by atoms with Crippen LogP contribution in [-0.4, -0.2) is 18.4 Å². The summed E-state index contributed by atoms with van der Waals surface area (Å²) in [5, 5.41) is 2.41. The zero-order valence-corrected chi connectivity index (χ0v) is 34.6. The molecule has 0 aliphatic heterocycles. The molecule has 0 aliphatic rings. The van der Waals surface area contributed by atoms with Crippen LogP contribution in [-0.2, 0) is 10.9 Å². The van der Waals surface area contributed by atoms with Gasteiger partial charge >= 0.3 is 19.8 Å². The molecule has 0 aromatic heterocycles. The van der Waals surface area contributed by atoms with E-state index in [0.29, 0.717) is 6.61 Å². The van der Waals surface area contributed by atoms with Crippen LogP contribution in [0.4, 0.5) is 0 Å². The third-order valence-corrected chi connectivity index (χ3v) is 11.9. The summed E-state index contributed by atoms with van der Waals surface area (Å²) in [5.74, 6) is -0.788. The van der Waals surface area contributed by atoms with Crippen molar-refractivity contribution >= 4 is 31.6 Å². The Morgan fingerprint density at radius 2 is 0.880 bits per heavy atom. The molecule has 1 aromatic carbocycles. The number of imide groups is 1. The van der Waals surface area contributed by atoms with Gasteiger partial charge in [-0.05, 0) is 25.0 Å². The molecule has 0 radical (unpaired) electrons. The lowest BCUT2D eigenvalue weighted by Crippen LogP contribution is -2.31. The molecule has 290 valence electrons. The molecule has 1 rings (SSSR count). The minimum absolute atomic E-state index is 0.00881. The van der Waals surface area contributed by atoms with Gasteiger partial charge in [0.2, 0.25) is 5.91 Å². The van der Waals surface area contributed by atoms with Gasteiger partial charge in [0.05, 0.1) is 12.2 Å². The Morgan fingerprint density at radius 3 is 1.26 bits per heavy atom. The summed E-state index contributed by atoms with van der Waals surface area (Å²) in [5.41, 5.74) is 0.00881. The van der Waals surface area contributed by atoms with E-state index in [2.05, 4.69) is 19.2 Å². The van der Waals surface area contributed by atoms with Gasteiger partial charge in [-0.2, -0.15) is 0 Å². The lowest BCUT2D eigenvalue weighted by atomic mass is 10.0. The first kappa shape index (κ1) is 46.5. The normalized spacial score (nSPS) is 11.3. The predicted molar refractivity (Wildman–Crippen MR) is 218 cm³/mol. The van der Waals surface area contributed by atoms with Crippen molar-refractivity contribution in [3.63, 3.8) is 0 Å². The number of carbonyl (C=O) groups excluding carboxylic acids is 2. The first-order chi connectivity index (χ1) is 24.5. The number of unbranched alkanes of at least 4 members (excludes halogenated alkanes) is 29. The van der Waals surface area contributed by atoms with Gasteiger partial charge < -0.3 is 4.74 Å². The van der Waals surface area contributed by atoms with Crippen LogP contribution in [0.3, 0.4) is 0 Å². The molecule has 2 amide bonds. The summed E-state index contributed by atoms with van der Waals surface area (Å²) in [7, 11) is 0. The van der Waals surface area contributed by atoms with Crippen LogP contribution in [0.5, 0.6) is 5.75 Å². The van der Waals surface area contributed by atoms with E-state index in [1.165, 1.54) is 167 Å². The van der Waals surface area contributed by atoms with E-state index in [-0.39, 0.29) is 27.2 Å². The van der Waals surface area contributed by atoms with Gasteiger partial charge in [-0.3, -0.25) is 14.9 Å². The van der Waals surface area contributed by atoms with Crippen LogP contribution in [0.25, 0.3) is 0 Å². The first-order valence-electron chi connectivity index (χ1n) is 21.2. The van der Waals surface area contributed by atoms with Crippen molar-refractivity contribution in [2.45, 2.75) is 219 Å². The van der Waals surface area contributed by atoms with Crippen molar-refractivity contribution in [2.75, 3.05) is 6.61 Å². The van der Waals surface area contributed by atoms with Gasteiger partial charge in [0, 0.05) is 6.42 Å². The maximum absolute atomic E-state index is 12.9. The third-order valence-electron chi connectivity index (χ3n) is 9.88. The van der Waals surface area contributed by atoms with Crippen molar-refractivity contribution in [2.24, 2.45) is 0 Å². The number of amides is 2. The Hall–Kier alpha value is -1.51. The molecule has 0 saturated heterocycles. The molecule has 0 atom stereocenters. The second kappa shape index (κ2) is 34.6. The van der Waals surface area contributed by atoms with Crippen LogP contribution < -0.4 is 10.1 Å². The molecule has 1 N–H and O–H groups in total. The molecule has 0 fully saturated rings. The second-order valence-corrected chi connectivity index (χ2v) is 16.9. The summed E-state index contributed by atoms with van der Waals surface area (Å²) in [6.07, 6.45) is 39.7. The van der Waals surface area contributed by atoms with E-state index < -0.39 is 25.7 Å². The predicted octanol–water partition coefficient (Wildman–Crippen LogP) is 14.2. The molecule has 0 unspecified atom stereocenters. The summed E-state index contributed by atoms with van der Waals surface area (Å²) in [6.45, 7) is 4.95. The van der Waals surface area contributed by atoms with E-state index in [1.807, 2.05) is 0 Å². The number of benzene rings is 1. The summed E-state index contributed by atoms with van der Waals surface area (Å²) < 4.78 is 30.3. The average molecular weight is 814 g/mol. The molecule has 0 bridgehead atoms. The molecule has 50 heavy (non-hydrogen) atoms. The van der Waals surface area contributed by atoms with Crippen molar-refractivity contribution < 1.29 is 20.5 Å². The smallest absolute Gasteiger partial charge is 0.345 e. The fraction of sp³-hybridized carbons (Fsp3) is 0.814. The van der Waals surface area contributed by atoms with E-state index in [9.17, 15) is 15.7 Å². The molecule has 1 aromatic rings. The molecule has 0 saturated carbocycles. The molecule has 7 heteroatoms. The largest absolute Gasteiger partial charge is 0.492 e. The second-order valence-electron chi connectivity index (χ2n) is 14.6. The molecular weight excluding hydrogens is 737 g/mol. The van der Waals surface area contributed by atoms with E-state index in [1.54, 1.807) is 12.1 Å². The van der Waals surface area contributed by atoms with Crippen LogP contribution in [0.2, 0.25) is 0 Å². The Balaban J connectivity index is 2.15. The van der Waals surface area contributed by atoms with Gasteiger partial charge in [-0.15, -0.1) is 0 Å².